The van der Waals surface area contributed by atoms with Gasteiger partial charge in [-0.05, 0) is 44.4 Å². The third-order valence-corrected chi connectivity index (χ3v) is 6.94. The van der Waals surface area contributed by atoms with Crippen LogP contribution < -0.4 is 5.32 Å². The Morgan fingerprint density at radius 1 is 1.31 bits per heavy atom. The second-order valence-electron chi connectivity index (χ2n) is 7.53. The molecule has 1 saturated carbocycles. The number of benzene rings is 1. The summed E-state index contributed by atoms with van der Waals surface area (Å²) in [4.78, 5) is 12.6. The Morgan fingerprint density at radius 3 is 2.69 bits per heavy atom. The van der Waals surface area contributed by atoms with Crippen molar-refractivity contribution in [3.05, 3.63) is 23.9 Å². The van der Waals surface area contributed by atoms with Gasteiger partial charge in [0.1, 0.15) is 4.90 Å². The van der Waals surface area contributed by atoms with E-state index in [9.17, 15) is 13.2 Å². The Morgan fingerprint density at radius 2 is 2.00 bits per heavy atom. The molecule has 8 heteroatoms. The number of amides is 1. The minimum atomic E-state index is -3.81. The van der Waals surface area contributed by atoms with Crippen molar-refractivity contribution in [3.63, 3.8) is 0 Å². The first kappa shape index (κ1) is 18.8. The van der Waals surface area contributed by atoms with Gasteiger partial charge in [-0.25, -0.2) is 8.42 Å². The van der Waals surface area contributed by atoms with Crippen molar-refractivity contribution in [3.8, 4) is 0 Å². The Hall–Kier alpha value is -1.93. The second-order valence-corrected chi connectivity index (χ2v) is 9.54. The highest BCUT2D eigenvalue weighted by Crippen LogP contribution is 2.28. The van der Waals surface area contributed by atoms with Crippen molar-refractivity contribution in [2.45, 2.75) is 56.4 Å². The molecule has 0 aliphatic heterocycles. The van der Waals surface area contributed by atoms with Crippen LogP contribution >= 0.6 is 0 Å². The predicted molar refractivity (Wildman–Crippen MR) is 100 cm³/mol. The van der Waals surface area contributed by atoms with Crippen LogP contribution in [0.4, 0.5) is 0 Å². The largest absolute Gasteiger partial charge is 0.350 e. The number of fused-ring (bicyclic) bond motifs is 1. The molecule has 0 atom stereocenters. The van der Waals surface area contributed by atoms with Crippen LogP contribution in [0.15, 0.2) is 23.2 Å². The maximum Gasteiger partial charge on any atom is 0.245 e. The maximum atomic E-state index is 13.0. The fourth-order valence-electron chi connectivity index (χ4n) is 3.66. The molecule has 2 N–H and O–H groups in total. The highest BCUT2D eigenvalue weighted by molar-refractivity contribution is 7.89. The number of hydrogen-bond acceptors (Lipinski definition) is 4. The molecule has 2 aromatic rings. The normalized spacial score (nSPS) is 17.5. The zero-order chi connectivity index (χ0) is 18.9. The molecule has 142 valence electrons. The number of rotatable bonds is 5. The van der Waals surface area contributed by atoms with E-state index in [2.05, 4.69) is 15.5 Å². The molecule has 26 heavy (non-hydrogen) atoms. The van der Waals surface area contributed by atoms with Gasteiger partial charge in [-0.3, -0.25) is 9.89 Å². The Labute approximate surface area is 154 Å². The van der Waals surface area contributed by atoms with Crippen molar-refractivity contribution in [1.29, 1.82) is 0 Å². The van der Waals surface area contributed by atoms with Gasteiger partial charge in [0, 0.05) is 18.0 Å². The number of aromatic amines is 1. The van der Waals surface area contributed by atoms with Gasteiger partial charge in [0.05, 0.1) is 18.3 Å². The molecule has 7 nitrogen and oxygen atoms in total. The van der Waals surface area contributed by atoms with Crippen LogP contribution in [0.25, 0.3) is 10.9 Å². The fraction of sp³-hybridized carbons (Fsp3) is 0.556. The molecule has 1 aliphatic rings. The van der Waals surface area contributed by atoms with Crippen LogP contribution in [0.2, 0.25) is 0 Å². The molecule has 0 saturated heterocycles. The topological polar surface area (TPSA) is 95.2 Å². The summed E-state index contributed by atoms with van der Waals surface area (Å²) in [5.41, 5.74) is 1.05. The minimum Gasteiger partial charge on any atom is -0.350 e. The number of nitrogens with one attached hydrogen (secondary N) is 2. The first-order valence-corrected chi connectivity index (χ1v) is 10.4. The number of nitrogens with zero attached hydrogens (tertiary/aromatic N) is 2. The van der Waals surface area contributed by atoms with Gasteiger partial charge in [0.2, 0.25) is 15.9 Å². The molecule has 1 heterocycles. The summed E-state index contributed by atoms with van der Waals surface area (Å²) in [5.74, 6) is -0.269. The van der Waals surface area contributed by atoms with E-state index in [1.807, 2.05) is 19.9 Å². The van der Waals surface area contributed by atoms with Crippen LogP contribution in [0.5, 0.6) is 0 Å². The van der Waals surface area contributed by atoms with E-state index in [-0.39, 0.29) is 22.9 Å². The predicted octanol–water partition coefficient (Wildman–Crippen LogP) is 2.33. The molecule has 0 unspecified atom stereocenters. The lowest BCUT2D eigenvalue weighted by Gasteiger charge is -2.35. The summed E-state index contributed by atoms with van der Waals surface area (Å²) in [5, 5.41) is 10.4. The summed E-state index contributed by atoms with van der Waals surface area (Å²) < 4.78 is 27.1. The highest BCUT2D eigenvalue weighted by atomic mass is 32.2. The third kappa shape index (κ3) is 3.76. The maximum absolute atomic E-state index is 13.0. The summed E-state index contributed by atoms with van der Waals surface area (Å²) in [6.07, 6.45) is 6.83. The molecule has 1 aromatic heterocycles. The molecule has 3 rings (SSSR count). The number of H-pyrrole nitrogens is 1. The molecule has 0 spiro atoms. The number of carbonyl (C=O) groups excluding carboxylic acids is 1. The quantitative estimate of drug-likeness (QED) is 0.835. The molecule has 0 bridgehead atoms. The van der Waals surface area contributed by atoms with Crippen molar-refractivity contribution < 1.29 is 13.2 Å². The monoisotopic (exact) mass is 378 g/mol. The van der Waals surface area contributed by atoms with Crippen molar-refractivity contribution in [1.82, 2.24) is 19.8 Å². The zero-order valence-corrected chi connectivity index (χ0v) is 16.3. The van der Waals surface area contributed by atoms with E-state index in [0.717, 1.165) is 40.9 Å². The van der Waals surface area contributed by atoms with Gasteiger partial charge in [0.25, 0.3) is 0 Å². The number of likely N-dealkylation sites (N-methyl/N-ethyl adjacent to an activating group) is 1. The van der Waals surface area contributed by atoms with E-state index in [0.29, 0.717) is 5.52 Å². The van der Waals surface area contributed by atoms with Gasteiger partial charge in [-0.2, -0.15) is 9.40 Å². The fourth-order valence-corrected chi connectivity index (χ4v) is 5.04. The SMILES string of the molecule is Cc1cc(S(=O)(=O)N(C)CC(=O)NC2(C)CCCCC2)c2[nH]ncc2c1. The van der Waals surface area contributed by atoms with Gasteiger partial charge < -0.3 is 5.32 Å². The van der Waals surface area contributed by atoms with Gasteiger partial charge in [-0.1, -0.05) is 19.3 Å². The van der Waals surface area contributed by atoms with E-state index in [1.165, 1.54) is 13.5 Å². The van der Waals surface area contributed by atoms with Crippen LogP contribution in [0.3, 0.4) is 0 Å². The van der Waals surface area contributed by atoms with Crippen LogP contribution in [-0.4, -0.2) is 48.0 Å². The zero-order valence-electron chi connectivity index (χ0n) is 15.5. The number of aryl methyl sites for hydroxylation is 1. The molecule has 1 aliphatic carbocycles. The molecular formula is C18H26N4O3S. The van der Waals surface area contributed by atoms with E-state index in [4.69, 9.17) is 0 Å². The Balaban J connectivity index is 1.78. The number of sulfonamides is 1. The van der Waals surface area contributed by atoms with Crippen molar-refractivity contribution >= 4 is 26.8 Å². The lowest BCUT2D eigenvalue weighted by atomic mass is 9.83. The summed E-state index contributed by atoms with van der Waals surface area (Å²) in [6, 6.07) is 3.47. The summed E-state index contributed by atoms with van der Waals surface area (Å²) in [6.45, 7) is 3.66. The first-order chi connectivity index (χ1) is 12.2. The molecule has 0 radical (unpaired) electrons. The average Bonchev–Trinajstić information content (AvgIpc) is 3.01. The van der Waals surface area contributed by atoms with E-state index < -0.39 is 10.0 Å². The lowest BCUT2D eigenvalue weighted by molar-refractivity contribution is -0.123. The number of aromatic nitrogens is 2. The highest BCUT2D eigenvalue weighted by Gasteiger charge is 2.31. The van der Waals surface area contributed by atoms with E-state index in [1.54, 1.807) is 12.3 Å². The van der Waals surface area contributed by atoms with Crippen molar-refractivity contribution in [2.75, 3.05) is 13.6 Å². The number of carbonyl (C=O) groups is 1. The minimum absolute atomic E-state index is 0.143. The van der Waals surface area contributed by atoms with Crippen LogP contribution in [-0.2, 0) is 14.8 Å². The standard InChI is InChI=1S/C18H26N4O3S/c1-13-9-14-11-19-21-17(14)15(10-13)26(24,25)22(3)12-16(23)20-18(2)7-5-4-6-8-18/h9-11H,4-8,12H2,1-3H3,(H,19,21)(H,20,23). The third-order valence-electron chi connectivity index (χ3n) is 5.11. The first-order valence-electron chi connectivity index (χ1n) is 8.92. The molecule has 1 fully saturated rings. The molecular weight excluding hydrogens is 352 g/mol. The Bertz CT molecular complexity index is 914. The van der Waals surface area contributed by atoms with Crippen LogP contribution in [0, 0.1) is 6.92 Å². The molecule has 1 aromatic carbocycles. The summed E-state index contributed by atoms with van der Waals surface area (Å²) >= 11 is 0. The van der Waals surface area contributed by atoms with Crippen LogP contribution in [0.1, 0.15) is 44.6 Å². The van der Waals surface area contributed by atoms with Crippen molar-refractivity contribution in [2.24, 2.45) is 0 Å². The Kier molecular flexibility index (Phi) is 5.07. The second kappa shape index (κ2) is 7.00. The molecule has 1 amide bonds. The summed E-state index contributed by atoms with van der Waals surface area (Å²) in [7, 11) is -2.38. The van der Waals surface area contributed by atoms with Gasteiger partial charge >= 0.3 is 0 Å². The van der Waals surface area contributed by atoms with Gasteiger partial charge in [-0.15, -0.1) is 0 Å². The average molecular weight is 378 g/mol. The smallest absolute Gasteiger partial charge is 0.245 e. The van der Waals surface area contributed by atoms with E-state index >= 15 is 0 Å². The number of hydrogen-bond donors (Lipinski definition) is 2. The lowest BCUT2D eigenvalue weighted by Crippen LogP contribution is -2.50. The van der Waals surface area contributed by atoms with Gasteiger partial charge in [0.15, 0.2) is 0 Å².